The lowest BCUT2D eigenvalue weighted by molar-refractivity contribution is -0.215. The maximum Gasteiger partial charge on any atom is 0.394 e. The van der Waals surface area contributed by atoms with Gasteiger partial charge in [-0.05, 0) is 150 Å². The van der Waals surface area contributed by atoms with Gasteiger partial charge in [0.1, 0.15) is 53.9 Å². The normalized spacial score (nSPS) is 33.0. The van der Waals surface area contributed by atoms with Crippen LogP contribution in [0.2, 0.25) is 0 Å². The highest BCUT2D eigenvalue weighted by Gasteiger charge is 2.62. The summed E-state index contributed by atoms with van der Waals surface area (Å²) in [6, 6.07) is -9.79. The van der Waals surface area contributed by atoms with Gasteiger partial charge in [-0.25, -0.2) is 0 Å². The number of hydrogen-bond donors (Lipinski definition) is 3. The predicted molar refractivity (Wildman–Crippen MR) is 385 cm³/mol. The van der Waals surface area contributed by atoms with Gasteiger partial charge in [0.25, 0.3) is 0 Å². The molecule has 5 saturated carbocycles. The van der Waals surface area contributed by atoms with Crippen molar-refractivity contribution < 1.29 is 75.4 Å². The molecule has 0 aromatic rings. The van der Waals surface area contributed by atoms with Crippen LogP contribution in [0.4, 0.5) is 13.2 Å². The number of amides is 12. The number of halogens is 3. The van der Waals surface area contributed by atoms with E-state index in [4.69, 9.17) is 4.74 Å². The Balaban J connectivity index is 1.15. The lowest BCUT2D eigenvalue weighted by Gasteiger charge is -2.54. The number of rotatable bonds is 9. The summed E-state index contributed by atoms with van der Waals surface area (Å²) in [7, 11) is 11.6. The van der Waals surface area contributed by atoms with Crippen LogP contribution >= 0.6 is 0 Å². The second kappa shape index (κ2) is 34.1. The Hall–Kier alpha value is -6.87. The minimum Gasteiger partial charge on any atom is -0.381 e. The van der Waals surface area contributed by atoms with Gasteiger partial charge in [0, 0.05) is 76.1 Å². The SMILES string of the molecule is CC[C@H](C)[C@@H]1NC(=O)[C@@H]2CCCC3CCC(CC3)C[C@@H](C(=O)N(C)CC(=O)N[C@@H](CCC3CCC(C(F)(F)F)C(OC)C3)C(=O)N3CC4(CC4)C[C@H]3C(=O)NC3(CC(C)(C)C3)C(=O)N(C)[C@@H](C3CCCC3)C(=O)N(C)[C@H](C(=O)N(C)CC)CC(=O)N2C)N2CC/C=C\C[C@@H](C2=O)N(C)C(=O)CN(C)C1=O. The van der Waals surface area contributed by atoms with E-state index in [1.165, 1.54) is 93.5 Å². The topological polar surface area (TPSA) is 279 Å². The van der Waals surface area contributed by atoms with Gasteiger partial charge in [-0.15, -0.1) is 0 Å². The monoisotopic (exact) mass is 1480 g/mol. The van der Waals surface area contributed by atoms with Crippen LogP contribution in [0, 0.1) is 46.3 Å². The molecule has 105 heavy (non-hydrogen) atoms. The number of ether oxygens (including phenoxy) is 1. The van der Waals surface area contributed by atoms with Crippen LogP contribution in [-0.4, -0.2) is 270 Å². The summed E-state index contributed by atoms with van der Waals surface area (Å²) in [4.78, 5) is 196. The molecule has 5 saturated heterocycles. The van der Waals surface area contributed by atoms with Crippen molar-refractivity contribution in [2.45, 2.75) is 268 Å². The minimum atomic E-state index is -4.51. The number of methoxy groups -OCH3 is 1. The summed E-state index contributed by atoms with van der Waals surface area (Å²) < 4.78 is 48.5. The fraction of sp³-hybridized carbons (Fsp3) is 0.818. The van der Waals surface area contributed by atoms with Crippen LogP contribution in [0.15, 0.2) is 12.2 Å². The van der Waals surface area contributed by atoms with Crippen LogP contribution in [0.1, 0.15) is 202 Å². The molecular formula is C77H121F3N12O13. The van der Waals surface area contributed by atoms with Crippen molar-refractivity contribution >= 4 is 70.9 Å². The zero-order valence-corrected chi connectivity index (χ0v) is 64.7. The quantitative estimate of drug-likeness (QED) is 0.175. The van der Waals surface area contributed by atoms with E-state index in [9.17, 15) is 32.3 Å². The molecule has 11 aliphatic rings. The minimum absolute atomic E-state index is 0.0376. The molecule has 28 heteroatoms. The number of likely N-dealkylation sites (N-methyl/N-ethyl adjacent to an activating group) is 7. The summed E-state index contributed by atoms with van der Waals surface area (Å²) in [5.74, 6) is -10.2. The molecule has 6 aliphatic heterocycles. The van der Waals surface area contributed by atoms with Gasteiger partial charge in [-0.3, -0.25) is 57.5 Å². The van der Waals surface area contributed by atoms with Gasteiger partial charge < -0.3 is 64.8 Å². The zero-order chi connectivity index (χ0) is 76.9. The highest BCUT2D eigenvalue weighted by molar-refractivity contribution is 6.01. The molecule has 3 unspecified atom stereocenters. The maximum atomic E-state index is 15.9. The Bertz CT molecular complexity index is 3230. The number of hydrogen-bond acceptors (Lipinski definition) is 13. The molecule has 588 valence electrons. The van der Waals surface area contributed by atoms with E-state index in [0.717, 1.165) is 12.8 Å². The standard InChI is InChI=1S/C77H121F3N12O13/c1-14-47(3)63-71(102)86(8)43-62(95)88(10)55-25-17-16-20-37-91(70(55)101)57-38-49-29-27-48(28-30-49)22-21-26-54(65(96)82-63)87(9)61(94)40-56(68(99)84(6)15-2)89(11)72(103)64(51-23-18-19-24-51)90(12)73(104)76(44-74(4,5)45-76)83-66(97)58-41-75(35-36-75)46-92(58)67(98)53(81-60(93)42-85(7)69(57)100)34-32-50-31-33-52(77(78,79)80)59(39-50)105-13/h16-17,47-59,63-64H,14-15,18-46H2,1-13H3,(H,81,93)(H,82,96)(H,83,97)/b17-16-/t47-,48?,49?,50?,52?,53-,54-,55-,56-,57-,58-,59?,63-,64-/m0/s1. The van der Waals surface area contributed by atoms with Crippen LogP contribution in [-0.2, 0) is 62.3 Å². The number of fused-ring (bicyclic) bond motifs is 22. The summed E-state index contributed by atoms with van der Waals surface area (Å²) in [6.45, 7) is 8.63. The lowest BCUT2D eigenvalue weighted by Crippen LogP contribution is -2.71. The number of nitrogens with zero attached hydrogens (tertiary/aromatic N) is 9. The van der Waals surface area contributed by atoms with Gasteiger partial charge in [-0.1, -0.05) is 97.6 Å². The Morgan fingerprint density at radius 2 is 1.30 bits per heavy atom. The first-order valence-electron chi connectivity index (χ1n) is 39.1. The summed E-state index contributed by atoms with van der Waals surface area (Å²) in [5, 5.41) is 9.09. The van der Waals surface area contributed by atoms with E-state index < -0.39 is 185 Å². The molecule has 6 heterocycles. The van der Waals surface area contributed by atoms with Crippen molar-refractivity contribution in [2.24, 2.45) is 46.3 Å². The van der Waals surface area contributed by atoms with Crippen molar-refractivity contribution in [2.75, 3.05) is 89.2 Å². The van der Waals surface area contributed by atoms with Crippen molar-refractivity contribution in [3.8, 4) is 0 Å². The molecule has 0 aromatic heterocycles. The van der Waals surface area contributed by atoms with E-state index in [1.807, 2.05) is 26.8 Å². The Morgan fingerprint density at radius 3 is 1.92 bits per heavy atom. The van der Waals surface area contributed by atoms with Crippen molar-refractivity contribution in [3.63, 3.8) is 0 Å². The van der Waals surface area contributed by atoms with Crippen LogP contribution in [0.25, 0.3) is 0 Å². The molecule has 25 nitrogen and oxygen atoms in total. The Kier molecular flexibility index (Phi) is 26.7. The number of carbonyl (C=O) groups is 12. The molecule has 11 rings (SSSR count). The van der Waals surface area contributed by atoms with Crippen molar-refractivity contribution in [1.82, 2.24) is 60.0 Å². The first-order chi connectivity index (χ1) is 49.5. The largest absolute Gasteiger partial charge is 0.394 e. The molecule has 12 atom stereocenters. The third-order valence-electron chi connectivity index (χ3n) is 25.9. The number of carbonyl (C=O) groups excluding carboxylic acids is 12. The molecule has 0 aromatic carbocycles. The van der Waals surface area contributed by atoms with E-state index in [0.29, 0.717) is 77.0 Å². The van der Waals surface area contributed by atoms with Gasteiger partial charge in [-0.2, -0.15) is 13.2 Å². The Morgan fingerprint density at radius 1 is 0.657 bits per heavy atom. The second-order valence-corrected chi connectivity index (χ2v) is 33.9. The molecule has 12 amide bonds. The summed E-state index contributed by atoms with van der Waals surface area (Å²) in [6.07, 6.45) is 7.07. The number of alkyl halides is 3. The third kappa shape index (κ3) is 18.8. The zero-order valence-electron chi connectivity index (χ0n) is 64.7. The van der Waals surface area contributed by atoms with Crippen LogP contribution in [0.5, 0.6) is 0 Å². The molecule has 3 N–H and O–H groups in total. The predicted octanol–water partition coefficient (Wildman–Crippen LogP) is 6.06. The summed E-state index contributed by atoms with van der Waals surface area (Å²) in [5.41, 5.74) is -2.55. The first-order valence-corrected chi connectivity index (χ1v) is 39.1. The van der Waals surface area contributed by atoms with Gasteiger partial charge >= 0.3 is 6.18 Å². The van der Waals surface area contributed by atoms with E-state index in [2.05, 4.69) is 16.0 Å². The molecule has 5 aliphatic carbocycles. The van der Waals surface area contributed by atoms with E-state index in [1.54, 1.807) is 27.0 Å². The molecular weight excluding hydrogens is 1360 g/mol. The van der Waals surface area contributed by atoms with E-state index >= 15 is 38.4 Å². The van der Waals surface area contributed by atoms with Crippen molar-refractivity contribution in [3.05, 3.63) is 12.2 Å². The smallest absolute Gasteiger partial charge is 0.381 e. The molecule has 0 radical (unpaired) electrons. The average Bonchev–Trinajstić information content (AvgIpc) is 1.66. The highest BCUT2D eigenvalue weighted by Crippen LogP contribution is 2.56. The third-order valence-corrected chi connectivity index (χ3v) is 25.9. The van der Waals surface area contributed by atoms with E-state index in [-0.39, 0.29) is 108 Å². The fourth-order valence-electron chi connectivity index (χ4n) is 18.9. The fourth-order valence-corrected chi connectivity index (χ4v) is 18.9. The molecule has 10 fully saturated rings. The van der Waals surface area contributed by atoms with Gasteiger partial charge in [0.2, 0.25) is 70.9 Å². The lowest BCUT2D eigenvalue weighted by atomic mass is 9.58. The van der Waals surface area contributed by atoms with Gasteiger partial charge in [0.15, 0.2) is 0 Å². The highest BCUT2D eigenvalue weighted by atomic mass is 19.4. The molecule has 2 spiro atoms. The maximum absolute atomic E-state index is 15.9. The average molecular weight is 1480 g/mol. The van der Waals surface area contributed by atoms with Crippen LogP contribution < -0.4 is 16.0 Å². The number of nitrogens with one attached hydrogen (secondary N) is 3. The van der Waals surface area contributed by atoms with Crippen molar-refractivity contribution in [1.29, 1.82) is 0 Å². The second-order valence-electron chi connectivity index (χ2n) is 33.9. The summed E-state index contributed by atoms with van der Waals surface area (Å²) >= 11 is 0. The molecule has 6 bridgehead atoms. The van der Waals surface area contributed by atoms with Crippen LogP contribution in [0.3, 0.4) is 0 Å². The Labute approximate surface area is 619 Å². The first kappa shape index (κ1) is 82.2. The van der Waals surface area contributed by atoms with Gasteiger partial charge in [0.05, 0.1) is 31.5 Å².